The molecule has 10 heteroatoms. The molecule has 0 fully saturated rings. The summed E-state index contributed by atoms with van der Waals surface area (Å²) in [6.45, 7) is 1.60. The summed E-state index contributed by atoms with van der Waals surface area (Å²) in [6.07, 6.45) is 9.12. The fourth-order valence-electron chi connectivity index (χ4n) is 4.87. The van der Waals surface area contributed by atoms with Crippen LogP contribution in [0.25, 0.3) is 0 Å². The maximum Gasteiger partial charge on any atom is 0.326 e. The molecule has 1 aromatic heterocycles. The number of hydrogen-bond acceptors (Lipinski definition) is 5. The number of nitrogens with zero attached hydrogens (tertiary/aromatic N) is 4. The highest BCUT2D eigenvalue weighted by Gasteiger charge is 2.29. The third-order valence-corrected chi connectivity index (χ3v) is 8.08. The van der Waals surface area contributed by atoms with E-state index >= 15 is 0 Å². The van der Waals surface area contributed by atoms with Crippen LogP contribution in [-0.2, 0) is 59.0 Å². The van der Waals surface area contributed by atoms with E-state index in [2.05, 4.69) is 15.9 Å². The van der Waals surface area contributed by atoms with Crippen molar-refractivity contribution in [2.24, 2.45) is 7.05 Å². The Morgan fingerprint density at radius 3 is 2.27 bits per heavy atom. The van der Waals surface area contributed by atoms with E-state index in [1.165, 1.54) is 45.0 Å². The number of likely N-dealkylation sites (N-methyl/N-ethyl adjacent to an activating group) is 1. The molecule has 0 spiro atoms. The SMILES string of the molecule is CC(=O)N(C)CCN(c1cnn(C)c1)S(=O)(=O)NC(=O)Cc1c2c(cc3c1CCC3)CCC2. The lowest BCUT2D eigenvalue weighted by Gasteiger charge is -2.25. The van der Waals surface area contributed by atoms with E-state index in [9.17, 15) is 18.0 Å². The maximum atomic E-state index is 13.2. The Balaban J connectivity index is 1.55. The Morgan fingerprint density at radius 2 is 1.73 bits per heavy atom. The lowest BCUT2D eigenvalue weighted by Crippen LogP contribution is -2.47. The van der Waals surface area contributed by atoms with Crippen LogP contribution < -0.4 is 9.03 Å². The molecule has 178 valence electrons. The van der Waals surface area contributed by atoms with E-state index in [1.807, 2.05) is 0 Å². The third-order valence-electron chi connectivity index (χ3n) is 6.62. The van der Waals surface area contributed by atoms with Crippen LogP contribution in [0.1, 0.15) is 47.6 Å². The van der Waals surface area contributed by atoms with Gasteiger partial charge in [-0.3, -0.25) is 14.3 Å². The first kappa shape index (κ1) is 23.3. The molecule has 9 nitrogen and oxygen atoms in total. The Bertz CT molecular complexity index is 1160. The molecule has 2 aliphatic carbocycles. The molecule has 2 aromatic rings. The topological polar surface area (TPSA) is 105 Å². The van der Waals surface area contributed by atoms with Crippen LogP contribution >= 0.6 is 0 Å². The summed E-state index contributed by atoms with van der Waals surface area (Å²) in [7, 11) is -0.900. The molecular formula is C23H31N5O4S. The van der Waals surface area contributed by atoms with E-state index < -0.39 is 16.1 Å². The number of benzene rings is 1. The predicted molar refractivity (Wildman–Crippen MR) is 125 cm³/mol. The quantitative estimate of drug-likeness (QED) is 0.622. The summed E-state index contributed by atoms with van der Waals surface area (Å²) in [6, 6.07) is 2.29. The molecule has 0 aliphatic heterocycles. The highest BCUT2D eigenvalue weighted by molar-refractivity contribution is 7.91. The molecule has 0 atom stereocenters. The minimum atomic E-state index is -4.19. The Kier molecular flexibility index (Phi) is 6.47. The number of aromatic nitrogens is 2. The van der Waals surface area contributed by atoms with Crippen molar-refractivity contribution in [1.29, 1.82) is 0 Å². The molecular weight excluding hydrogens is 442 g/mol. The molecule has 0 saturated heterocycles. The second-order valence-electron chi connectivity index (χ2n) is 8.93. The number of carbonyl (C=O) groups is 2. The van der Waals surface area contributed by atoms with Crippen LogP contribution in [0.4, 0.5) is 5.69 Å². The minimum Gasteiger partial charge on any atom is -0.344 e. The van der Waals surface area contributed by atoms with E-state index in [0.717, 1.165) is 48.4 Å². The lowest BCUT2D eigenvalue weighted by atomic mass is 9.92. The Hall–Kier alpha value is -2.88. The first-order valence-corrected chi connectivity index (χ1v) is 12.8. The molecule has 2 amide bonds. The van der Waals surface area contributed by atoms with Gasteiger partial charge in [-0.1, -0.05) is 6.07 Å². The number of anilines is 1. The molecule has 0 saturated carbocycles. The van der Waals surface area contributed by atoms with E-state index in [-0.39, 0.29) is 25.4 Å². The highest BCUT2D eigenvalue weighted by atomic mass is 32.2. The smallest absolute Gasteiger partial charge is 0.326 e. The number of amides is 2. The van der Waals surface area contributed by atoms with Gasteiger partial charge in [0.1, 0.15) is 0 Å². The van der Waals surface area contributed by atoms with Crippen molar-refractivity contribution >= 4 is 27.7 Å². The molecule has 0 radical (unpaired) electrons. The number of hydrogen-bond donors (Lipinski definition) is 1. The molecule has 33 heavy (non-hydrogen) atoms. The first-order chi connectivity index (χ1) is 15.7. The van der Waals surface area contributed by atoms with Gasteiger partial charge in [-0.25, -0.2) is 9.03 Å². The second-order valence-corrected chi connectivity index (χ2v) is 10.5. The number of aryl methyl sites for hydroxylation is 3. The summed E-state index contributed by atoms with van der Waals surface area (Å²) in [5.41, 5.74) is 6.44. The predicted octanol–water partition coefficient (Wildman–Crippen LogP) is 1.29. The fourth-order valence-corrected chi connectivity index (χ4v) is 6.03. The average Bonchev–Trinajstić information content (AvgIpc) is 3.48. The van der Waals surface area contributed by atoms with Crippen LogP contribution in [0.5, 0.6) is 0 Å². The lowest BCUT2D eigenvalue weighted by molar-refractivity contribution is -0.127. The van der Waals surface area contributed by atoms with Crippen LogP contribution in [0.2, 0.25) is 0 Å². The first-order valence-electron chi connectivity index (χ1n) is 11.3. The van der Waals surface area contributed by atoms with Gasteiger partial charge in [0.05, 0.1) is 24.8 Å². The second kappa shape index (κ2) is 9.17. The summed E-state index contributed by atoms with van der Waals surface area (Å²) < 4.78 is 31.3. The van der Waals surface area contributed by atoms with Gasteiger partial charge in [-0.15, -0.1) is 0 Å². The van der Waals surface area contributed by atoms with Crippen molar-refractivity contribution in [2.45, 2.75) is 51.9 Å². The summed E-state index contributed by atoms with van der Waals surface area (Å²) in [4.78, 5) is 26.0. The van der Waals surface area contributed by atoms with Gasteiger partial charge in [-0.05, 0) is 66.3 Å². The molecule has 1 aromatic carbocycles. The van der Waals surface area contributed by atoms with Crippen LogP contribution in [0.15, 0.2) is 18.5 Å². The van der Waals surface area contributed by atoms with Gasteiger partial charge in [0, 0.05) is 33.8 Å². The third kappa shape index (κ3) is 4.90. The van der Waals surface area contributed by atoms with Gasteiger partial charge in [0.15, 0.2) is 0 Å². The molecule has 2 aliphatic rings. The van der Waals surface area contributed by atoms with Gasteiger partial charge >= 0.3 is 10.2 Å². The number of rotatable bonds is 8. The number of nitrogens with one attached hydrogen (secondary N) is 1. The number of carbonyl (C=O) groups excluding carboxylic acids is 2. The molecule has 0 unspecified atom stereocenters. The zero-order chi connectivity index (χ0) is 23.8. The minimum absolute atomic E-state index is 0.000516. The zero-order valence-corrected chi connectivity index (χ0v) is 20.2. The van der Waals surface area contributed by atoms with Gasteiger partial charge in [-0.2, -0.15) is 13.5 Å². The Morgan fingerprint density at radius 1 is 1.09 bits per heavy atom. The molecule has 4 rings (SSSR count). The standard InChI is InChI=1S/C23H31N5O4S/c1-16(29)26(2)10-11-28(19-14-24-27(3)15-19)33(31,32)25-23(30)13-22-20-8-4-6-17(20)12-18-7-5-9-21(18)22/h12,14-15H,4-11,13H2,1-3H3,(H,25,30). The number of fused-ring (bicyclic) bond motifs is 2. The van der Waals surface area contributed by atoms with Gasteiger partial charge in [0.25, 0.3) is 0 Å². The molecule has 1 N–H and O–H groups in total. The summed E-state index contributed by atoms with van der Waals surface area (Å²) >= 11 is 0. The largest absolute Gasteiger partial charge is 0.344 e. The van der Waals surface area contributed by atoms with E-state index in [0.29, 0.717) is 5.69 Å². The molecule has 0 bridgehead atoms. The van der Waals surface area contributed by atoms with Crippen molar-refractivity contribution in [2.75, 3.05) is 24.4 Å². The van der Waals surface area contributed by atoms with Crippen molar-refractivity contribution in [3.05, 3.63) is 46.3 Å². The van der Waals surface area contributed by atoms with Gasteiger partial charge < -0.3 is 4.90 Å². The fraction of sp³-hybridized carbons (Fsp3) is 0.522. The van der Waals surface area contributed by atoms with Crippen LogP contribution in [0, 0.1) is 0 Å². The van der Waals surface area contributed by atoms with Crippen molar-refractivity contribution in [3.63, 3.8) is 0 Å². The van der Waals surface area contributed by atoms with Crippen LogP contribution in [0.3, 0.4) is 0 Å². The van der Waals surface area contributed by atoms with Crippen LogP contribution in [-0.4, -0.2) is 55.0 Å². The average molecular weight is 474 g/mol. The van der Waals surface area contributed by atoms with E-state index in [1.54, 1.807) is 20.3 Å². The maximum absolute atomic E-state index is 13.2. The van der Waals surface area contributed by atoms with Crippen molar-refractivity contribution < 1.29 is 18.0 Å². The molecule has 1 heterocycles. The van der Waals surface area contributed by atoms with Gasteiger partial charge in [0.2, 0.25) is 11.8 Å². The normalized spacial score (nSPS) is 14.6. The van der Waals surface area contributed by atoms with E-state index in [4.69, 9.17) is 0 Å². The Labute approximate surface area is 194 Å². The monoisotopic (exact) mass is 473 g/mol. The van der Waals surface area contributed by atoms with Crippen molar-refractivity contribution in [3.8, 4) is 0 Å². The summed E-state index contributed by atoms with van der Waals surface area (Å²) in [5, 5.41) is 4.06. The van der Waals surface area contributed by atoms with Crippen molar-refractivity contribution in [1.82, 2.24) is 19.4 Å². The zero-order valence-electron chi connectivity index (χ0n) is 19.4. The summed E-state index contributed by atoms with van der Waals surface area (Å²) in [5.74, 6) is -0.715. The highest BCUT2D eigenvalue weighted by Crippen LogP contribution is 2.35.